The molecular formula is C15H16BrFN2O. The molecule has 0 radical (unpaired) electrons. The average Bonchev–Trinajstić information content (AvgIpc) is 3.02. The number of halogens is 2. The minimum atomic E-state index is -0.160. The van der Waals surface area contributed by atoms with Gasteiger partial charge in [-0.25, -0.2) is 4.39 Å². The lowest BCUT2D eigenvalue weighted by Gasteiger charge is -2.22. The minimum absolute atomic E-state index is 0.160. The van der Waals surface area contributed by atoms with Crippen molar-refractivity contribution in [2.24, 2.45) is 0 Å². The first-order valence-corrected chi connectivity index (χ1v) is 7.54. The fourth-order valence-corrected chi connectivity index (χ4v) is 3.17. The summed E-state index contributed by atoms with van der Waals surface area (Å²) in [7, 11) is 0. The highest BCUT2D eigenvalue weighted by atomic mass is 79.9. The quantitative estimate of drug-likeness (QED) is 0.838. The number of rotatable bonds is 3. The molecule has 1 atom stereocenters. The first kappa shape index (κ1) is 13.8. The highest BCUT2D eigenvalue weighted by molar-refractivity contribution is 9.10. The third-order valence-electron chi connectivity index (χ3n) is 3.72. The van der Waals surface area contributed by atoms with Crippen LogP contribution in [-0.2, 0) is 6.54 Å². The van der Waals surface area contributed by atoms with Crippen molar-refractivity contribution in [3.8, 4) is 0 Å². The molecule has 0 bridgehead atoms. The van der Waals surface area contributed by atoms with Crippen LogP contribution in [0.25, 0.3) is 0 Å². The maximum absolute atomic E-state index is 13.9. The highest BCUT2D eigenvalue weighted by Gasteiger charge is 2.29. The number of hydrogen-bond donors (Lipinski definition) is 0. The Kier molecular flexibility index (Phi) is 3.89. The van der Waals surface area contributed by atoms with Gasteiger partial charge in [-0.1, -0.05) is 21.1 Å². The average molecular weight is 339 g/mol. The molecule has 1 aromatic carbocycles. The maximum atomic E-state index is 13.9. The fraction of sp³-hybridized carbons (Fsp3) is 0.400. The van der Waals surface area contributed by atoms with E-state index in [1.807, 2.05) is 19.1 Å². The Labute approximate surface area is 125 Å². The summed E-state index contributed by atoms with van der Waals surface area (Å²) in [6.07, 6.45) is 2.13. The zero-order chi connectivity index (χ0) is 14.1. The third kappa shape index (κ3) is 2.79. The molecule has 2 aromatic rings. The van der Waals surface area contributed by atoms with Crippen molar-refractivity contribution in [1.29, 1.82) is 0 Å². The van der Waals surface area contributed by atoms with Crippen LogP contribution >= 0.6 is 15.9 Å². The van der Waals surface area contributed by atoms with Gasteiger partial charge in [0.05, 0.1) is 11.7 Å². The van der Waals surface area contributed by atoms with Gasteiger partial charge in [0.25, 0.3) is 0 Å². The molecule has 0 amide bonds. The number of likely N-dealkylation sites (tertiary alicyclic amines) is 1. The normalized spacial score (nSPS) is 19.6. The molecule has 3 rings (SSSR count). The first-order chi connectivity index (χ1) is 9.63. The Balaban J connectivity index is 1.81. The number of aromatic nitrogens is 1. The van der Waals surface area contributed by atoms with E-state index in [1.54, 1.807) is 6.07 Å². The van der Waals surface area contributed by atoms with Crippen molar-refractivity contribution in [3.05, 3.63) is 51.6 Å². The van der Waals surface area contributed by atoms with Crippen LogP contribution in [0.3, 0.4) is 0 Å². The third-order valence-corrected chi connectivity index (χ3v) is 4.21. The Morgan fingerprint density at radius 2 is 2.30 bits per heavy atom. The first-order valence-electron chi connectivity index (χ1n) is 6.74. The lowest BCUT2D eigenvalue weighted by atomic mass is 10.1. The lowest BCUT2D eigenvalue weighted by Crippen LogP contribution is -2.23. The van der Waals surface area contributed by atoms with Crippen molar-refractivity contribution in [2.45, 2.75) is 32.4 Å². The molecular weight excluding hydrogens is 323 g/mol. The van der Waals surface area contributed by atoms with Crippen LogP contribution in [0, 0.1) is 12.7 Å². The summed E-state index contributed by atoms with van der Waals surface area (Å²) in [5.41, 5.74) is 1.60. The van der Waals surface area contributed by atoms with E-state index in [-0.39, 0.29) is 11.9 Å². The van der Waals surface area contributed by atoms with E-state index in [0.29, 0.717) is 12.1 Å². The van der Waals surface area contributed by atoms with E-state index < -0.39 is 0 Å². The van der Waals surface area contributed by atoms with E-state index in [4.69, 9.17) is 4.52 Å². The maximum Gasteiger partial charge on any atom is 0.154 e. The molecule has 1 aliphatic heterocycles. The summed E-state index contributed by atoms with van der Waals surface area (Å²) in [6.45, 7) is 3.46. The fourth-order valence-electron chi connectivity index (χ4n) is 2.76. The zero-order valence-electron chi connectivity index (χ0n) is 11.3. The van der Waals surface area contributed by atoms with Crippen molar-refractivity contribution >= 4 is 15.9 Å². The molecule has 106 valence electrons. The molecule has 0 spiro atoms. The van der Waals surface area contributed by atoms with Crippen LogP contribution < -0.4 is 0 Å². The van der Waals surface area contributed by atoms with Crippen molar-refractivity contribution in [1.82, 2.24) is 10.1 Å². The van der Waals surface area contributed by atoms with Gasteiger partial charge in [-0.05, 0) is 44.5 Å². The molecule has 0 aliphatic carbocycles. The van der Waals surface area contributed by atoms with E-state index in [1.165, 1.54) is 6.07 Å². The van der Waals surface area contributed by atoms with Gasteiger partial charge in [0, 0.05) is 22.6 Å². The predicted molar refractivity (Wildman–Crippen MR) is 77.7 cm³/mol. The smallest absolute Gasteiger partial charge is 0.154 e. The second-order valence-electron chi connectivity index (χ2n) is 5.23. The van der Waals surface area contributed by atoms with Crippen LogP contribution in [0.4, 0.5) is 4.39 Å². The summed E-state index contributed by atoms with van der Waals surface area (Å²) in [6, 6.07) is 7.24. The molecule has 0 saturated carbocycles. The second kappa shape index (κ2) is 5.66. The molecule has 20 heavy (non-hydrogen) atoms. The lowest BCUT2D eigenvalue weighted by molar-refractivity contribution is 0.204. The number of nitrogens with zero attached hydrogens (tertiary/aromatic N) is 2. The topological polar surface area (TPSA) is 29.3 Å². The van der Waals surface area contributed by atoms with E-state index >= 15 is 0 Å². The molecule has 2 heterocycles. The van der Waals surface area contributed by atoms with E-state index in [0.717, 1.165) is 35.3 Å². The Morgan fingerprint density at radius 1 is 1.45 bits per heavy atom. The standard InChI is InChI=1S/C15H16BrFN2O/c1-10-7-15(20-18-10)14-3-2-6-19(14)9-11-8-12(16)4-5-13(11)17/h4-5,7-8,14H,2-3,6,9H2,1H3. The molecule has 1 aliphatic rings. The van der Waals surface area contributed by atoms with Crippen molar-refractivity contribution < 1.29 is 8.91 Å². The van der Waals surface area contributed by atoms with Crippen LogP contribution in [0.1, 0.15) is 35.9 Å². The number of aryl methyl sites for hydroxylation is 1. The SMILES string of the molecule is Cc1cc(C2CCCN2Cc2cc(Br)ccc2F)on1. The van der Waals surface area contributed by atoms with Gasteiger partial charge in [-0.2, -0.15) is 0 Å². The molecule has 5 heteroatoms. The summed E-state index contributed by atoms with van der Waals surface area (Å²) in [5.74, 6) is 0.725. The predicted octanol–water partition coefficient (Wildman–Crippen LogP) is 4.22. The van der Waals surface area contributed by atoms with Gasteiger partial charge < -0.3 is 4.52 Å². The van der Waals surface area contributed by atoms with Gasteiger partial charge in [0.1, 0.15) is 5.82 Å². The Bertz CT molecular complexity index is 614. The van der Waals surface area contributed by atoms with Crippen molar-refractivity contribution in [2.75, 3.05) is 6.54 Å². The molecule has 1 aromatic heterocycles. The Morgan fingerprint density at radius 3 is 3.05 bits per heavy atom. The summed E-state index contributed by atoms with van der Waals surface area (Å²) >= 11 is 3.40. The Hall–Kier alpha value is -1.20. The van der Waals surface area contributed by atoms with Gasteiger partial charge in [0.2, 0.25) is 0 Å². The zero-order valence-corrected chi connectivity index (χ0v) is 12.9. The van der Waals surface area contributed by atoms with Gasteiger partial charge in [-0.15, -0.1) is 0 Å². The van der Waals surface area contributed by atoms with E-state index in [9.17, 15) is 4.39 Å². The van der Waals surface area contributed by atoms with Gasteiger partial charge in [0.15, 0.2) is 5.76 Å². The summed E-state index contributed by atoms with van der Waals surface area (Å²) < 4.78 is 20.2. The van der Waals surface area contributed by atoms with Crippen molar-refractivity contribution in [3.63, 3.8) is 0 Å². The van der Waals surface area contributed by atoms with Crippen LogP contribution in [-0.4, -0.2) is 16.6 Å². The van der Waals surface area contributed by atoms with Crippen LogP contribution in [0.5, 0.6) is 0 Å². The minimum Gasteiger partial charge on any atom is -0.359 e. The molecule has 3 nitrogen and oxygen atoms in total. The van der Waals surface area contributed by atoms with E-state index in [2.05, 4.69) is 26.0 Å². The van der Waals surface area contributed by atoms with Crippen LogP contribution in [0.2, 0.25) is 0 Å². The van der Waals surface area contributed by atoms with Gasteiger partial charge >= 0.3 is 0 Å². The molecule has 0 N–H and O–H groups in total. The van der Waals surface area contributed by atoms with Gasteiger partial charge in [-0.3, -0.25) is 4.90 Å². The summed E-state index contributed by atoms with van der Waals surface area (Å²) in [5, 5.41) is 3.95. The number of hydrogen-bond acceptors (Lipinski definition) is 3. The highest BCUT2D eigenvalue weighted by Crippen LogP contribution is 2.34. The molecule has 1 fully saturated rings. The number of benzene rings is 1. The van der Waals surface area contributed by atoms with Crippen LogP contribution in [0.15, 0.2) is 33.3 Å². The molecule has 1 unspecified atom stereocenters. The molecule has 1 saturated heterocycles. The summed E-state index contributed by atoms with van der Waals surface area (Å²) in [4.78, 5) is 2.25. The largest absolute Gasteiger partial charge is 0.359 e. The monoisotopic (exact) mass is 338 g/mol. The second-order valence-corrected chi connectivity index (χ2v) is 6.15.